The zero-order valence-electron chi connectivity index (χ0n) is 17.6. The van der Waals surface area contributed by atoms with Crippen LogP contribution in [0.25, 0.3) is 0 Å². The summed E-state index contributed by atoms with van der Waals surface area (Å²) in [6.45, 7) is 13.4. The zero-order valence-corrected chi connectivity index (χ0v) is 20.8. The van der Waals surface area contributed by atoms with E-state index in [1.54, 1.807) is 14.8 Å². The second-order valence-electron chi connectivity index (χ2n) is 7.66. The topological polar surface area (TPSA) is 18.5 Å². The first kappa shape index (κ1) is 26.5. The molecule has 0 aliphatic heterocycles. The first-order chi connectivity index (χ1) is 11.8. The number of rotatable bonds is 6. The Bertz CT molecular complexity index is 722. The van der Waals surface area contributed by atoms with Crippen molar-refractivity contribution in [1.82, 2.24) is 0 Å². The number of hydrogen-bond acceptors (Lipinski definition) is 2. The summed E-state index contributed by atoms with van der Waals surface area (Å²) in [5.41, 5.74) is 2.73. The van der Waals surface area contributed by atoms with Gasteiger partial charge in [-0.1, -0.05) is 0 Å². The molecule has 0 saturated carbocycles. The minimum absolute atomic E-state index is 0. The van der Waals surface area contributed by atoms with Gasteiger partial charge >= 0.3 is 160 Å². The van der Waals surface area contributed by atoms with E-state index in [0.717, 1.165) is 30.8 Å². The number of halogens is 2. The van der Waals surface area contributed by atoms with Gasteiger partial charge in [-0.15, -0.1) is 24.8 Å². The van der Waals surface area contributed by atoms with E-state index in [1.165, 1.54) is 11.1 Å². The van der Waals surface area contributed by atoms with Crippen LogP contribution in [0.3, 0.4) is 0 Å². The summed E-state index contributed by atoms with van der Waals surface area (Å²) in [7, 11) is 1.73. The van der Waals surface area contributed by atoms with Crippen LogP contribution in [0, 0.1) is 0 Å². The number of hydrogen-bond donors (Lipinski definition) is 0. The van der Waals surface area contributed by atoms with Gasteiger partial charge in [-0.05, 0) is 0 Å². The van der Waals surface area contributed by atoms with Crippen molar-refractivity contribution in [3.8, 4) is 11.5 Å². The molecule has 27 heavy (non-hydrogen) atoms. The molecule has 1 aromatic rings. The van der Waals surface area contributed by atoms with Gasteiger partial charge < -0.3 is 0 Å². The van der Waals surface area contributed by atoms with Crippen LogP contribution >= 0.6 is 24.8 Å². The second kappa shape index (κ2) is 11.5. The molecule has 0 radical (unpaired) electrons. The largest absolute Gasteiger partial charge is 0.147 e. The van der Waals surface area contributed by atoms with Crippen LogP contribution in [0.1, 0.15) is 66.4 Å². The molecule has 0 spiro atoms. The molecule has 0 heterocycles. The molecule has 1 aliphatic rings. The fourth-order valence-corrected chi connectivity index (χ4v) is 6.91. The molecular formula is C22H34Cl2O2Ti. The van der Waals surface area contributed by atoms with E-state index in [2.05, 4.69) is 65.8 Å². The molecule has 0 bridgehead atoms. The van der Waals surface area contributed by atoms with Crippen molar-refractivity contribution in [3.63, 3.8) is 0 Å². The van der Waals surface area contributed by atoms with Crippen molar-refractivity contribution < 1.29 is 25.9 Å². The quantitative estimate of drug-likeness (QED) is 0.437. The van der Waals surface area contributed by atoms with Crippen molar-refractivity contribution in [3.05, 3.63) is 45.4 Å². The van der Waals surface area contributed by atoms with Crippen molar-refractivity contribution in [1.29, 1.82) is 0 Å². The van der Waals surface area contributed by atoms with Gasteiger partial charge in [-0.2, -0.15) is 0 Å². The van der Waals surface area contributed by atoms with E-state index in [-0.39, 0.29) is 30.2 Å². The zero-order chi connectivity index (χ0) is 18.6. The molecule has 152 valence electrons. The van der Waals surface area contributed by atoms with E-state index in [0.29, 0.717) is 0 Å². The van der Waals surface area contributed by atoms with Crippen LogP contribution in [-0.2, 0) is 23.2 Å². The third kappa shape index (κ3) is 6.78. The van der Waals surface area contributed by atoms with Crippen LogP contribution in [0.15, 0.2) is 39.8 Å². The van der Waals surface area contributed by atoms with Gasteiger partial charge in [0.1, 0.15) is 0 Å². The van der Waals surface area contributed by atoms with Gasteiger partial charge in [0.25, 0.3) is 0 Å². The molecular weight excluding hydrogens is 415 g/mol. The van der Waals surface area contributed by atoms with Gasteiger partial charge in [-0.3, -0.25) is 0 Å². The van der Waals surface area contributed by atoms with E-state index in [9.17, 15) is 0 Å². The molecule has 0 amide bonds. The number of methoxy groups -OCH3 is 1. The SMILES string of the molecule is CC[C](CC)=[Ti]([O]c1cc(OC)cc(C(C)(C)C)c1)[C]1=C(C)C=CC1.Cl.Cl. The first-order valence-corrected chi connectivity index (χ1v) is 11.5. The van der Waals surface area contributed by atoms with Crippen LogP contribution < -0.4 is 8.06 Å². The molecule has 0 fully saturated rings. The fourth-order valence-electron chi connectivity index (χ4n) is 3.10. The standard InChI is InChI=1S/C11H16O2.C6H7.C5H10.2ClH.Ti/c1-11(2,3)8-5-9(12)7-10(6-8)13-4;1-6-4-2-3-5-6;1-3-5-4-2;;;/h5-7,12H,1-4H3;2,4H,3H2,1H3;3-4H2,1-2H3;2*1H;/q;;;;;+1/p-1. The molecule has 1 aliphatic carbocycles. The average molecular weight is 449 g/mol. The summed E-state index contributed by atoms with van der Waals surface area (Å²) >= 11 is -1.95. The van der Waals surface area contributed by atoms with E-state index >= 15 is 0 Å². The maximum Gasteiger partial charge on any atom is -0.147 e. The molecule has 1 aromatic carbocycles. The Labute approximate surface area is 184 Å². The summed E-state index contributed by atoms with van der Waals surface area (Å²) in [5, 5.41) is 0. The predicted molar refractivity (Wildman–Crippen MR) is 119 cm³/mol. The molecule has 0 saturated heterocycles. The van der Waals surface area contributed by atoms with Crippen molar-refractivity contribution in [2.45, 2.75) is 66.2 Å². The molecule has 2 nitrogen and oxygen atoms in total. The maximum atomic E-state index is 6.74. The first-order valence-electron chi connectivity index (χ1n) is 9.26. The smallest absolute Gasteiger partial charge is 0.147 e. The number of benzene rings is 1. The Balaban J connectivity index is 0.00000338. The summed E-state index contributed by atoms with van der Waals surface area (Å²) in [6.07, 6.45) is 7.80. The fraction of sp³-hybridized carbons (Fsp3) is 0.500. The molecule has 0 N–H and O–H groups in total. The van der Waals surface area contributed by atoms with Crippen LogP contribution in [0.4, 0.5) is 0 Å². The van der Waals surface area contributed by atoms with Crippen LogP contribution in [-0.4, -0.2) is 10.9 Å². The average Bonchev–Trinajstić information content (AvgIpc) is 2.99. The van der Waals surface area contributed by atoms with Crippen molar-refractivity contribution in [2.75, 3.05) is 7.11 Å². The van der Waals surface area contributed by atoms with E-state index in [1.807, 2.05) is 6.07 Å². The van der Waals surface area contributed by atoms with Gasteiger partial charge in [0.05, 0.1) is 0 Å². The van der Waals surface area contributed by atoms with Gasteiger partial charge in [0, 0.05) is 0 Å². The molecule has 2 rings (SSSR count). The molecule has 0 unspecified atom stereocenters. The molecule has 0 atom stereocenters. The molecule has 0 aromatic heterocycles. The number of allylic oxidation sites excluding steroid dienone is 4. The predicted octanol–water partition coefficient (Wildman–Crippen LogP) is 6.97. The van der Waals surface area contributed by atoms with Gasteiger partial charge in [0.2, 0.25) is 0 Å². The van der Waals surface area contributed by atoms with E-state index in [4.69, 9.17) is 8.06 Å². The summed E-state index contributed by atoms with van der Waals surface area (Å²) in [6, 6.07) is 6.37. The minimum atomic E-state index is -1.95. The van der Waals surface area contributed by atoms with Crippen LogP contribution in [0.2, 0.25) is 0 Å². The third-order valence-corrected chi connectivity index (χ3v) is 9.40. The Morgan fingerprint density at radius 2 is 1.63 bits per heavy atom. The Kier molecular flexibility index (Phi) is 11.2. The normalized spacial score (nSPS) is 13.0. The maximum absolute atomic E-state index is 6.74. The summed E-state index contributed by atoms with van der Waals surface area (Å²) in [5.74, 6) is 1.84. The summed E-state index contributed by atoms with van der Waals surface area (Å²) in [4.78, 5) is 0. The number of ether oxygens (including phenoxy) is 1. The Morgan fingerprint density at radius 3 is 2.07 bits per heavy atom. The van der Waals surface area contributed by atoms with Crippen molar-refractivity contribution in [2.24, 2.45) is 0 Å². The van der Waals surface area contributed by atoms with Crippen LogP contribution in [0.5, 0.6) is 11.5 Å². The van der Waals surface area contributed by atoms with Gasteiger partial charge in [-0.25, -0.2) is 0 Å². The molecule has 5 heteroatoms. The third-order valence-electron chi connectivity index (χ3n) is 4.82. The van der Waals surface area contributed by atoms with Gasteiger partial charge in [0.15, 0.2) is 0 Å². The Hall–Kier alpha value is -0.536. The van der Waals surface area contributed by atoms with E-state index < -0.39 is 17.8 Å². The summed E-state index contributed by atoms with van der Waals surface area (Å²) < 4.78 is 15.4. The second-order valence-corrected chi connectivity index (χ2v) is 11.1. The van der Waals surface area contributed by atoms with Crippen molar-refractivity contribution >= 4 is 28.6 Å². The minimum Gasteiger partial charge on any atom is -0.147 e. The monoisotopic (exact) mass is 448 g/mol. The Morgan fingerprint density at radius 1 is 1.04 bits per heavy atom.